The first kappa shape index (κ1) is 31.4. The Morgan fingerprint density at radius 1 is 1.21 bits per heavy atom. The fourth-order valence-electron chi connectivity index (χ4n) is 3.50. The number of allylic oxidation sites excluding steroid dienone is 5. The van der Waals surface area contributed by atoms with E-state index in [1.165, 1.54) is 30.5 Å². The van der Waals surface area contributed by atoms with Crippen LogP contribution >= 0.6 is 23.2 Å². The van der Waals surface area contributed by atoms with E-state index in [1.807, 2.05) is 20.0 Å². The van der Waals surface area contributed by atoms with Gasteiger partial charge in [0.15, 0.2) is 15.7 Å². The van der Waals surface area contributed by atoms with Gasteiger partial charge in [-0.2, -0.15) is 0 Å². The number of aromatic amines is 1. The predicted octanol–water partition coefficient (Wildman–Crippen LogP) is 4.69. The Morgan fingerprint density at radius 2 is 1.89 bits per heavy atom. The largest absolute Gasteiger partial charge is 0.494 e. The minimum Gasteiger partial charge on any atom is -0.494 e. The molecule has 1 saturated heterocycles. The van der Waals surface area contributed by atoms with Crippen LogP contribution in [0.25, 0.3) is 6.08 Å². The summed E-state index contributed by atoms with van der Waals surface area (Å²) in [6.45, 7) is 6.61. The maximum Gasteiger partial charge on any atom is 0.256 e. The van der Waals surface area contributed by atoms with E-state index < -0.39 is 9.84 Å². The summed E-state index contributed by atoms with van der Waals surface area (Å²) in [4.78, 5) is 24.3. The number of nitrogens with zero attached hydrogens (tertiary/aromatic N) is 3. The highest BCUT2D eigenvalue weighted by atomic mass is 35.5. The molecular formula is C27H34Cl2N4O4S. The van der Waals surface area contributed by atoms with Crippen LogP contribution in [0.15, 0.2) is 81.0 Å². The zero-order valence-electron chi connectivity index (χ0n) is 22.0. The second-order valence-electron chi connectivity index (χ2n) is 8.66. The molecule has 0 radical (unpaired) electrons. The number of rotatable bonds is 5. The summed E-state index contributed by atoms with van der Waals surface area (Å²) >= 11 is 10.9. The van der Waals surface area contributed by atoms with Crippen LogP contribution in [0.1, 0.15) is 19.4 Å². The first-order valence-electron chi connectivity index (χ1n) is 11.9. The van der Waals surface area contributed by atoms with Gasteiger partial charge in [0.05, 0.1) is 16.2 Å². The fourth-order valence-corrected chi connectivity index (χ4v) is 4.59. The molecule has 1 aromatic rings. The lowest BCUT2D eigenvalue weighted by atomic mass is 10.1. The quantitative estimate of drug-likeness (QED) is 0.388. The lowest BCUT2D eigenvalue weighted by Gasteiger charge is -2.32. The van der Waals surface area contributed by atoms with Crippen molar-refractivity contribution >= 4 is 50.7 Å². The van der Waals surface area contributed by atoms with Crippen molar-refractivity contribution in [1.29, 1.82) is 0 Å². The summed E-state index contributed by atoms with van der Waals surface area (Å²) in [6, 6.07) is 5.82. The Bertz CT molecular complexity index is 1320. The van der Waals surface area contributed by atoms with E-state index in [0.717, 1.165) is 19.3 Å². The van der Waals surface area contributed by atoms with E-state index in [4.69, 9.17) is 23.2 Å². The summed E-state index contributed by atoms with van der Waals surface area (Å²) in [5.41, 5.74) is 1.88. The number of piperazine rings is 1. The number of H-pyrrole nitrogens is 1. The van der Waals surface area contributed by atoms with Crippen molar-refractivity contribution in [3.63, 3.8) is 0 Å². The molecule has 2 aliphatic rings. The molecule has 3 rings (SSSR count). The van der Waals surface area contributed by atoms with E-state index in [9.17, 15) is 18.3 Å². The Hall–Kier alpha value is -2.85. The lowest BCUT2D eigenvalue weighted by molar-refractivity contribution is -0.128. The minimum absolute atomic E-state index is 0.0986. The predicted molar refractivity (Wildman–Crippen MR) is 156 cm³/mol. The first-order valence-corrected chi connectivity index (χ1v) is 14.7. The van der Waals surface area contributed by atoms with Gasteiger partial charge < -0.3 is 19.9 Å². The molecule has 0 atom stereocenters. The average Bonchev–Trinajstić information content (AvgIpc) is 3.25. The molecule has 8 nitrogen and oxygen atoms in total. The summed E-state index contributed by atoms with van der Waals surface area (Å²) in [5.74, 6) is 0.194. The number of aromatic nitrogens is 1. The number of aromatic hydroxyl groups is 1. The van der Waals surface area contributed by atoms with Crippen LogP contribution in [0.4, 0.5) is 0 Å². The molecule has 2 aliphatic heterocycles. The SMILES string of the molecule is C/C=C\C(Cl)=C/CCl.CC1=NC(=Cc2ccc(S(C)(=O)=O)ccc[nH]c2O)C(C(=O)N2CCN(C)CC2)=C1. The van der Waals surface area contributed by atoms with Gasteiger partial charge in [0.2, 0.25) is 0 Å². The van der Waals surface area contributed by atoms with Crippen molar-refractivity contribution in [1.82, 2.24) is 14.8 Å². The van der Waals surface area contributed by atoms with E-state index >= 15 is 0 Å². The van der Waals surface area contributed by atoms with Gasteiger partial charge in [0.1, 0.15) is 0 Å². The molecule has 1 amide bonds. The van der Waals surface area contributed by atoms with Crippen LogP contribution < -0.4 is 0 Å². The monoisotopic (exact) mass is 580 g/mol. The summed E-state index contributed by atoms with van der Waals surface area (Å²) < 4.78 is 23.9. The van der Waals surface area contributed by atoms with Gasteiger partial charge in [-0.25, -0.2) is 8.42 Å². The number of carbonyl (C=O) groups excluding carboxylic acids is 1. The lowest BCUT2D eigenvalue weighted by Crippen LogP contribution is -2.47. The minimum atomic E-state index is -3.44. The van der Waals surface area contributed by atoms with Crippen molar-refractivity contribution in [3.05, 3.63) is 76.6 Å². The van der Waals surface area contributed by atoms with Gasteiger partial charge in [-0.1, -0.05) is 23.8 Å². The molecule has 0 aromatic carbocycles. The van der Waals surface area contributed by atoms with Crippen molar-refractivity contribution in [2.24, 2.45) is 4.99 Å². The molecule has 38 heavy (non-hydrogen) atoms. The fraction of sp³-hybridized carbons (Fsp3) is 0.333. The van der Waals surface area contributed by atoms with Gasteiger partial charge in [0, 0.05) is 60.8 Å². The van der Waals surface area contributed by atoms with Crippen LogP contribution in [0.2, 0.25) is 0 Å². The molecule has 0 saturated carbocycles. The number of sulfone groups is 1. The van der Waals surface area contributed by atoms with Gasteiger partial charge >= 0.3 is 0 Å². The van der Waals surface area contributed by atoms with Gasteiger partial charge in [-0.05, 0) is 63.4 Å². The molecule has 0 unspecified atom stereocenters. The second-order valence-corrected chi connectivity index (χ2v) is 11.4. The smallest absolute Gasteiger partial charge is 0.256 e. The number of hydrogen-bond acceptors (Lipinski definition) is 6. The highest BCUT2D eigenvalue weighted by molar-refractivity contribution is 7.90. The van der Waals surface area contributed by atoms with Crippen LogP contribution in [0, 0.1) is 0 Å². The zero-order chi connectivity index (χ0) is 28.3. The molecule has 1 aromatic heterocycles. The maximum absolute atomic E-state index is 13.1. The average molecular weight is 582 g/mol. The molecule has 2 N–H and O–H groups in total. The normalized spacial score (nSPS) is 17.6. The van der Waals surface area contributed by atoms with Gasteiger partial charge in [-0.15, -0.1) is 11.6 Å². The van der Waals surface area contributed by atoms with Crippen molar-refractivity contribution in [2.75, 3.05) is 45.4 Å². The first-order chi connectivity index (χ1) is 18.0. The van der Waals surface area contributed by atoms with E-state index in [0.29, 0.717) is 46.5 Å². The third-order valence-corrected chi connectivity index (χ3v) is 7.11. The highest BCUT2D eigenvalue weighted by Gasteiger charge is 2.26. The molecule has 11 heteroatoms. The number of alkyl halides is 1. The molecule has 0 spiro atoms. The molecule has 3 heterocycles. The Labute approximate surface area is 234 Å². The Morgan fingerprint density at radius 3 is 2.50 bits per heavy atom. The van der Waals surface area contributed by atoms with Crippen LogP contribution in [0.5, 0.6) is 5.88 Å². The summed E-state index contributed by atoms with van der Waals surface area (Å²) in [5, 5.41) is 11.1. The molecule has 0 aliphatic carbocycles. The van der Waals surface area contributed by atoms with E-state index in [-0.39, 0.29) is 16.7 Å². The zero-order valence-corrected chi connectivity index (χ0v) is 24.3. The summed E-state index contributed by atoms with van der Waals surface area (Å²) in [6.07, 6.45) is 11.3. The van der Waals surface area contributed by atoms with Gasteiger partial charge in [0.25, 0.3) is 5.91 Å². The van der Waals surface area contributed by atoms with Crippen molar-refractivity contribution < 1.29 is 18.3 Å². The second kappa shape index (κ2) is 14.9. The van der Waals surface area contributed by atoms with E-state index in [1.54, 1.807) is 36.1 Å². The standard InChI is InChI=1S/C21H26N4O4S.C6H8Cl2/c1-15-13-18(21(27)25-11-9-24(2)10-12-25)19(23-15)14-16-6-7-17(30(3,28)29)5-4-8-22-20(16)26;1-2-3-6(8)4-5-7/h4-8,13-14,22,26H,9-12H2,1-3H3;2-4H,5H2,1H3/b;3-2-,6-4+. The third-order valence-electron chi connectivity index (χ3n) is 5.54. The number of likely N-dealkylation sites (N-methyl/N-ethyl adjacent to an activating group) is 1. The Kier molecular flexibility index (Phi) is 12.3. The third kappa shape index (κ3) is 9.79. The summed E-state index contributed by atoms with van der Waals surface area (Å²) in [7, 11) is -1.41. The van der Waals surface area contributed by atoms with Crippen molar-refractivity contribution in [3.8, 4) is 5.88 Å². The number of aliphatic imine (C=N–C) groups is 1. The molecule has 1 fully saturated rings. The molecule has 0 bridgehead atoms. The number of amides is 1. The van der Waals surface area contributed by atoms with Crippen molar-refractivity contribution in [2.45, 2.75) is 18.7 Å². The highest BCUT2D eigenvalue weighted by Crippen LogP contribution is 2.26. The number of carbonyl (C=O) groups is 1. The van der Waals surface area contributed by atoms with Crippen LogP contribution in [0.3, 0.4) is 0 Å². The van der Waals surface area contributed by atoms with E-state index in [2.05, 4.69) is 14.9 Å². The molecule has 206 valence electrons. The number of nitrogens with one attached hydrogen (secondary N) is 1. The van der Waals surface area contributed by atoms with Crippen LogP contribution in [-0.4, -0.2) is 85.3 Å². The number of halogens is 2. The molecular weight excluding hydrogens is 547 g/mol. The topological polar surface area (TPSA) is 106 Å². The Balaban J connectivity index is 0.000000550. The van der Waals surface area contributed by atoms with Gasteiger partial charge in [-0.3, -0.25) is 9.79 Å². The number of hydrogen-bond donors (Lipinski definition) is 2. The maximum atomic E-state index is 13.1. The van der Waals surface area contributed by atoms with Crippen LogP contribution in [-0.2, 0) is 14.6 Å².